The second kappa shape index (κ2) is 4.80. The lowest BCUT2D eigenvalue weighted by Crippen LogP contribution is -2.01. The molecule has 0 fully saturated rings. The third-order valence-electron chi connectivity index (χ3n) is 2.26. The van der Waals surface area contributed by atoms with Crippen molar-refractivity contribution in [3.63, 3.8) is 0 Å². The molecule has 1 aromatic carbocycles. The number of nitrogens with zero attached hydrogens (tertiary/aromatic N) is 4. The Hall–Kier alpha value is -2.84. The van der Waals surface area contributed by atoms with Gasteiger partial charge in [0.15, 0.2) is 0 Å². The number of halogens is 1. The molecule has 1 aromatic heterocycles. The minimum absolute atomic E-state index is 0.124. The molecule has 0 spiro atoms. The number of benzene rings is 1. The number of rotatable bonds is 4. The summed E-state index contributed by atoms with van der Waals surface area (Å²) >= 11 is 0. The van der Waals surface area contributed by atoms with E-state index in [1.165, 1.54) is 6.20 Å². The number of carboxylic acids is 1. The first kappa shape index (κ1) is 12.6. The summed E-state index contributed by atoms with van der Waals surface area (Å²) in [5, 5.41) is 26.3. The van der Waals surface area contributed by atoms with Gasteiger partial charge in [-0.2, -0.15) is 0 Å². The van der Waals surface area contributed by atoms with Crippen LogP contribution in [0, 0.1) is 15.9 Å². The van der Waals surface area contributed by atoms with Gasteiger partial charge in [-0.15, -0.1) is 5.10 Å². The molecule has 0 aliphatic carbocycles. The smallest absolute Gasteiger partial charge is 0.309 e. The monoisotopic (exact) mass is 266 g/mol. The summed E-state index contributed by atoms with van der Waals surface area (Å²) in [6.45, 7) is 0. The van der Waals surface area contributed by atoms with E-state index in [4.69, 9.17) is 5.11 Å². The van der Waals surface area contributed by atoms with Gasteiger partial charge in [-0.25, -0.2) is 9.07 Å². The van der Waals surface area contributed by atoms with Gasteiger partial charge >= 0.3 is 5.97 Å². The highest BCUT2D eigenvalue weighted by Gasteiger charge is 2.14. The number of carbonyl (C=O) groups is 1. The van der Waals surface area contributed by atoms with Crippen LogP contribution in [0.15, 0.2) is 24.4 Å². The molecule has 9 heteroatoms. The van der Waals surface area contributed by atoms with E-state index in [9.17, 15) is 19.3 Å². The van der Waals surface area contributed by atoms with E-state index in [0.29, 0.717) is 0 Å². The molecular formula is C10H7FN4O4. The average molecular weight is 266 g/mol. The molecule has 0 bridgehead atoms. The van der Waals surface area contributed by atoms with Gasteiger partial charge in [0.05, 0.1) is 23.2 Å². The first-order valence-corrected chi connectivity index (χ1v) is 5.04. The topological polar surface area (TPSA) is 111 Å². The number of aromatic nitrogens is 3. The van der Waals surface area contributed by atoms with Crippen molar-refractivity contribution in [2.45, 2.75) is 6.42 Å². The fourth-order valence-corrected chi connectivity index (χ4v) is 1.44. The van der Waals surface area contributed by atoms with Gasteiger partial charge in [0.1, 0.15) is 11.5 Å². The molecule has 1 N–H and O–H groups in total. The number of hydrogen-bond donors (Lipinski definition) is 1. The van der Waals surface area contributed by atoms with E-state index in [1.807, 2.05) is 0 Å². The highest BCUT2D eigenvalue weighted by molar-refractivity contribution is 5.69. The Morgan fingerprint density at radius 1 is 1.53 bits per heavy atom. The van der Waals surface area contributed by atoms with Gasteiger partial charge in [0, 0.05) is 12.1 Å². The predicted molar refractivity (Wildman–Crippen MR) is 59.3 cm³/mol. The van der Waals surface area contributed by atoms with Crippen LogP contribution in [-0.4, -0.2) is 31.0 Å². The van der Waals surface area contributed by atoms with E-state index in [-0.39, 0.29) is 23.5 Å². The lowest BCUT2D eigenvalue weighted by Gasteiger charge is -2.01. The molecule has 0 unspecified atom stereocenters. The van der Waals surface area contributed by atoms with Crippen LogP contribution < -0.4 is 0 Å². The summed E-state index contributed by atoms with van der Waals surface area (Å²) in [6, 6.07) is 2.95. The zero-order chi connectivity index (χ0) is 14.0. The summed E-state index contributed by atoms with van der Waals surface area (Å²) < 4.78 is 14.5. The van der Waals surface area contributed by atoms with E-state index in [0.717, 1.165) is 22.9 Å². The first-order chi connectivity index (χ1) is 8.97. The normalized spacial score (nSPS) is 10.4. The van der Waals surface area contributed by atoms with Gasteiger partial charge in [-0.1, -0.05) is 5.21 Å². The van der Waals surface area contributed by atoms with Crippen molar-refractivity contribution in [2.24, 2.45) is 0 Å². The summed E-state index contributed by atoms with van der Waals surface area (Å²) in [6.07, 6.45) is 0.840. The Kier molecular flexibility index (Phi) is 3.19. The lowest BCUT2D eigenvalue weighted by molar-refractivity contribution is -0.384. The standard InChI is InChI=1S/C10H7FN4O4/c11-8-2-1-7(15(18)19)4-9(8)14-5-6(12-13-14)3-10(16)17/h1-2,4-5H,3H2,(H,16,17). The van der Waals surface area contributed by atoms with Crippen LogP contribution in [-0.2, 0) is 11.2 Å². The Morgan fingerprint density at radius 3 is 2.89 bits per heavy atom. The zero-order valence-corrected chi connectivity index (χ0v) is 9.36. The molecule has 2 rings (SSSR count). The molecule has 0 saturated carbocycles. The van der Waals surface area contributed by atoms with Crippen LogP contribution in [0.2, 0.25) is 0 Å². The average Bonchev–Trinajstić information content (AvgIpc) is 2.76. The van der Waals surface area contributed by atoms with Crippen molar-refractivity contribution in [3.05, 3.63) is 46.0 Å². The van der Waals surface area contributed by atoms with E-state index in [1.54, 1.807) is 0 Å². The first-order valence-electron chi connectivity index (χ1n) is 5.04. The Balaban J connectivity index is 2.40. The van der Waals surface area contributed by atoms with Crippen molar-refractivity contribution in [1.82, 2.24) is 15.0 Å². The number of hydrogen-bond acceptors (Lipinski definition) is 5. The van der Waals surface area contributed by atoms with Crippen LogP contribution in [0.25, 0.3) is 5.69 Å². The van der Waals surface area contributed by atoms with Crippen molar-refractivity contribution >= 4 is 11.7 Å². The molecule has 1 heterocycles. The Labute approximate surface area is 105 Å². The Bertz CT molecular complexity index is 655. The molecule has 0 aliphatic rings. The fourth-order valence-electron chi connectivity index (χ4n) is 1.44. The maximum Gasteiger partial charge on any atom is 0.309 e. The molecule has 19 heavy (non-hydrogen) atoms. The summed E-state index contributed by atoms with van der Waals surface area (Å²) in [4.78, 5) is 20.4. The molecule has 8 nitrogen and oxygen atoms in total. The number of aliphatic carboxylic acids is 1. The number of carboxylic acid groups (broad SMARTS) is 1. The summed E-state index contributed by atoms with van der Waals surface area (Å²) in [7, 11) is 0. The lowest BCUT2D eigenvalue weighted by atomic mass is 10.2. The van der Waals surface area contributed by atoms with Gasteiger partial charge in [0.2, 0.25) is 0 Å². The van der Waals surface area contributed by atoms with Crippen LogP contribution in [0.5, 0.6) is 0 Å². The molecule has 0 saturated heterocycles. The second-order valence-electron chi connectivity index (χ2n) is 3.62. The van der Waals surface area contributed by atoms with Crippen LogP contribution >= 0.6 is 0 Å². The number of nitro groups is 1. The van der Waals surface area contributed by atoms with Gasteiger partial charge in [-0.05, 0) is 6.07 Å². The van der Waals surface area contributed by atoms with Crippen LogP contribution in [0.3, 0.4) is 0 Å². The summed E-state index contributed by atoms with van der Waals surface area (Å²) in [5.74, 6) is -1.83. The zero-order valence-electron chi connectivity index (χ0n) is 9.36. The molecule has 0 radical (unpaired) electrons. The largest absolute Gasteiger partial charge is 0.481 e. The molecule has 0 aliphatic heterocycles. The maximum atomic E-state index is 13.6. The highest BCUT2D eigenvalue weighted by Crippen LogP contribution is 2.19. The molecule has 98 valence electrons. The van der Waals surface area contributed by atoms with Crippen molar-refractivity contribution in [3.8, 4) is 5.69 Å². The number of non-ortho nitro benzene ring substituents is 1. The third kappa shape index (κ3) is 2.70. The minimum Gasteiger partial charge on any atom is -0.481 e. The SMILES string of the molecule is O=C(O)Cc1cn(-c2cc([N+](=O)[O-])ccc2F)nn1. The molecular weight excluding hydrogens is 259 g/mol. The van der Waals surface area contributed by atoms with E-state index < -0.39 is 16.7 Å². The molecule has 0 amide bonds. The quantitative estimate of drug-likeness (QED) is 0.651. The van der Waals surface area contributed by atoms with Crippen molar-refractivity contribution in [2.75, 3.05) is 0 Å². The maximum absolute atomic E-state index is 13.6. The molecule has 0 atom stereocenters. The van der Waals surface area contributed by atoms with Crippen molar-refractivity contribution < 1.29 is 19.2 Å². The van der Waals surface area contributed by atoms with Crippen LogP contribution in [0.1, 0.15) is 5.69 Å². The summed E-state index contributed by atoms with van der Waals surface area (Å²) in [5.41, 5.74) is -0.344. The van der Waals surface area contributed by atoms with E-state index in [2.05, 4.69) is 10.3 Å². The number of nitro benzene ring substituents is 1. The van der Waals surface area contributed by atoms with Crippen molar-refractivity contribution in [1.29, 1.82) is 0 Å². The predicted octanol–water partition coefficient (Wildman–Crippen LogP) is 0.942. The third-order valence-corrected chi connectivity index (χ3v) is 2.26. The van der Waals surface area contributed by atoms with Gasteiger partial charge in [0.25, 0.3) is 5.69 Å². The fraction of sp³-hybridized carbons (Fsp3) is 0.100. The van der Waals surface area contributed by atoms with Crippen LogP contribution in [0.4, 0.5) is 10.1 Å². The Morgan fingerprint density at radius 2 is 2.26 bits per heavy atom. The van der Waals surface area contributed by atoms with Gasteiger partial charge in [-0.3, -0.25) is 14.9 Å². The second-order valence-corrected chi connectivity index (χ2v) is 3.62. The highest BCUT2D eigenvalue weighted by atomic mass is 19.1. The van der Waals surface area contributed by atoms with E-state index >= 15 is 0 Å². The molecule has 2 aromatic rings. The van der Waals surface area contributed by atoms with Gasteiger partial charge < -0.3 is 5.11 Å². The minimum atomic E-state index is -1.11.